The van der Waals surface area contributed by atoms with Crippen LogP contribution in [0.3, 0.4) is 0 Å². The van der Waals surface area contributed by atoms with E-state index in [0.29, 0.717) is 6.42 Å². The Balaban J connectivity index is 2.24. The summed E-state index contributed by atoms with van der Waals surface area (Å²) < 4.78 is 12.7. The van der Waals surface area contributed by atoms with E-state index in [9.17, 15) is 4.39 Å². The van der Waals surface area contributed by atoms with Crippen LogP contribution in [-0.2, 0) is 6.42 Å². The number of rotatable bonds is 3. The highest BCUT2D eigenvalue weighted by molar-refractivity contribution is 5.63. The molecule has 2 aromatic rings. The van der Waals surface area contributed by atoms with Crippen molar-refractivity contribution in [2.24, 2.45) is 0 Å². The first-order valence-electron chi connectivity index (χ1n) is 5.25. The Kier molecular flexibility index (Phi) is 3.32. The first-order chi connectivity index (χ1) is 7.79. The fraction of sp³-hybridized carbons (Fsp3) is 0.143. The lowest BCUT2D eigenvalue weighted by molar-refractivity contribution is 0.299. The van der Waals surface area contributed by atoms with Gasteiger partial charge in [0.1, 0.15) is 5.82 Å². The van der Waals surface area contributed by atoms with Crippen LogP contribution in [0.15, 0.2) is 48.5 Å². The Morgan fingerprint density at radius 2 is 1.31 bits per heavy atom. The molecule has 0 amide bonds. The van der Waals surface area contributed by atoms with Gasteiger partial charge in [-0.2, -0.15) is 0 Å². The molecule has 0 saturated heterocycles. The number of aliphatic hydroxyl groups is 1. The quantitative estimate of drug-likeness (QED) is 0.836. The fourth-order valence-corrected chi connectivity index (χ4v) is 1.64. The Morgan fingerprint density at radius 3 is 1.81 bits per heavy atom. The maximum Gasteiger partial charge on any atom is 0.123 e. The molecular weight excluding hydrogens is 203 g/mol. The smallest absolute Gasteiger partial charge is 0.123 e. The van der Waals surface area contributed by atoms with E-state index in [4.69, 9.17) is 5.11 Å². The summed E-state index contributed by atoms with van der Waals surface area (Å²) in [5.41, 5.74) is 3.16. The Morgan fingerprint density at radius 1 is 0.812 bits per heavy atom. The van der Waals surface area contributed by atoms with Crippen molar-refractivity contribution < 1.29 is 9.50 Å². The molecule has 0 spiro atoms. The molecule has 0 aromatic heterocycles. The van der Waals surface area contributed by atoms with Crippen LogP contribution in [0.25, 0.3) is 11.1 Å². The van der Waals surface area contributed by atoms with Crippen molar-refractivity contribution in [3.8, 4) is 11.1 Å². The van der Waals surface area contributed by atoms with E-state index in [1.54, 1.807) is 12.1 Å². The molecule has 1 nitrogen and oxygen atoms in total. The molecule has 82 valence electrons. The highest BCUT2D eigenvalue weighted by atomic mass is 19.1. The van der Waals surface area contributed by atoms with Crippen LogP contribution in [0.5, 0.6) is 0 Å². The van der Waals surface area contributed by atoms with Gasteiger partial charge in [0.05, 0.1) is 0 Å². The number of aliphatic hydroxyl groups excluding tert-OH is 1. The molecule has 2 rings (SSSR count). The summed E-state index contributed by atoms with van der Waals surface area (Å²) in [5, 5.41) is 8.79. The molecule has 0 fully saturated rings. The third-order valence-corrected chi connectivity index (χ3v) is 2.53. The van der Waals surface area contributed by atoms with Gasteiger partial charge in [-0.1, -0.05) is 36.4 Å². The summed E-state index contributed by atoms with van der Waals surface area (Å²) >= 11 is 0. The van der Waals surface area contributed by atoms with Crippen molar-refractivity contribution in [2.45, 2.75) is 6.42 Å². The summed E-state index contributed by atoms with van der Waals surface area (Å²) in [6.45, 7) is 0.163. The van der Waals surface area contributed by atoms with Crippen molar-refractivity contribution in [3.63, 3.8) is 0 Å². The Bertz CT molecular complexity index is 445. The van der Waals surface area contributed by atoms with E-state index in [-0.39, 0.29) is 12.4 Å². The molecule has 2 aromatic carbocycles. The molecule has 0 heterocycles. The van der Waals surface area contributed by atoms with E-state index < -0.39 is 0 Å². The van der Waals surface area contributed by atoms with Crippen molar-refractivity contribution in [2.75, 3.05) is 6.61 Å². The Labute approximate surface area is 94.2 Å². The highest BCUT2D eigenvalue weighted by Crippen LogP contribution is 2.20. The minimum atomic E-state index is -0.222. The van der Waals surface area contributed by atoms with Crippen LogP contribution < -0.4 is 0 Å². The molecule has 0 unspecified atom stereocenters. The van der Waals surface area contributed by atoms with E-state index >= 15 is 0 Å². The topological polar surface area (TPSA) is 20.2 Å². The third kappa shape index (κ3) is 2.47. The molecule has 0 aliphatic rings. The third-order valence-electron chi connectivity index (χ3n) is 2.53. The van der Waals surface area contributed by atoms with Crippen LogP contribution in [0.1, 0.15) is 5.56 Å². The van der Waals surface area contributed by atoms with Crippen molar-refractivity contribution >= 4 is 0 Å². The standard InChI is InChI=1S/C14H13FO/c15-14-7-5-13(6-8-14)12-3-1-11(2-4-12)9-10-16/h1-8,16H,9-10H2. The Hall–Kier alpha value is -1.67. The van der Waals surface area contributed by atoms with Crippen molar-refractivity contribution in [3.05, 3.63) is 59.9 Å². The summed E-state index contributed by atoms with van der Waals surface area (Å²) in [4.78, 5) is 0. The second-order valence-corrected chi connectivity index (χ2v) is 3.68. The summed E-state index contributed by atoms with van der Waals surface area (Å²) in [6.07, 6.45) is 0.670. The minimum Gasteiger partial charge on any atom is -0.396 e. The van der Waals surface area contributed by atoms with Gasteiger partial charge in [0.25, 0.3) is 0 Å². The normalized spacial score (nSPS) is 10.4. The predicted octanol–water partition coefficient (Wildman–Crippen LogP) is 3.03. The number of benzene rings is 2. The lowest BCUT2D eigenvalue weighted by Crippen LogP contribution is -1.89. The van der Waals surface area contributed by atoms with Crippen LogP contribution >= 0.6 is 0 Å². The molecule has 0 saturated carbocycles. The van der Waals surface area contributed by atoms with Gasteiger partial charge in [0.15, 0.2) is 0 Å². The lowest BCUT2D eigenvalue weighted by Gasteiger charge is -2.03. The lowest BCUT2D eigenvalue weighted by atomic mass is 10.0. The summed E-state index contributed by atoms with van der Waals surface area (Å²) in [6, 6.07) is 14.4. The van der Waals surface area contributed by atoms with Gasteiger partial charge in [0, 0.05) is 6.61 Å². The second-order valence-electron chi connectivity index (χ2n) is 3.68. The monoisotopic (exact) mass is 216 g/mol. The summed E-state index contributed by atoms with van der Waals surface area (Å²) in [5.74, 6) is -0.222. The SMILES string of the molecule is OCCc1ccc(-c2ccc(F)cc2)cc1. The van der Waals surface area contributed by atoms with Gasteiger partial charge in [-0.15, -0.1) is 0 Å². The highest BCUT2D eigenvalue weighted by Gasteiger charge is 1.98. The van der Waals surface area contributed by atoms with Crippen LogP contribution in [0.4, 0.5) is 4.39 Å². The average Bonchev–Trinajstić information content (AvgIpc) is 2.32. The maximum absolute atomic E-state index is 12.7. The van der Waals surface area contributed by atoms with Crippen molar-refractivity contribution in [1.29, 1.82) is 0 Å². The maximum atomic E-state index is 12.7. The van der Waals surface area contributed by atoms with Gasteiger partial charge in [-0.3, -0.25) is 0 Å². The molecule has 2 heteroatoms. The molecule has 0 bridgehead atoms. The number of halogens is 1. The predicted molar refractivity (Wildman–Crippen MR) is 62.6 cm³/mol. The van der Waals surface area contributed by atoms with Crippen LogP contribution in [0, 0.1) is 5.82 Å². The van der Waals surface area contributed by atoms with Gasteiger partial charge < -0.3 is 5.11 Å². The number of hydrogen-bond donors (Lipinski definition) is 1. The van der Waals surface area contributed by atoms with E-state index in [0.717, 1.165) is 16.7 Å². The van der Waals surface area contributed by atoms with Gasteiger partial charge in [-0.25, -0.2) is 4.39 Å². The largest absolute Gasteiger partial charge is 0.396 e. The first-order valence-corrected chi connectivity index (χ1v) is 5.25. The van der Waals surface area contributed by atoms with E-state index in [2.05, 4.69) is 0 Å². The van der Waals surface area contributed by atoms with Crippen molar-refractivity contribution in [1.82, 2.24) is 0 Å². The van der Waals surface area contributed by atoms with Gasteiger partial charge in [0.2, 0.25) is 0 Å². The molecule has 0 radical (unpaired) electrons. The van der Waals surface area contributed by atoms with Gasteiger partial charge >= 0.3 is 0 Å². The average molecular weight is 216 g/mol. The molecule has 1 N–H and O–H groups in total. The minimum absolute atomic E-state index is 0.163. The molecule has 16 heavy (non-hydrogen) atoms. The zero-order valence-corrected chi connectivity index (χ0v) is 8.86. The first kappa shape index (κ1) is 10.8. The molecule has 0 aliphatic heterocycles. The summed E-state index contributed by atoms with van der Waals surface area (Å²) in [7, 11) is 0. The molecule has 0 atom stereocenters. The fourth-order valence-electron chi connectivity index (χ4n) is 1.64. The zero-order valence-electron chi connectivity index (χ0n) is 8.86. The molecular formula is C14H13FO. The van der Waals surface area contributed by atoms with E-state index in [1.165, 1.54) is 12.1 Å². The molecule has 0 aliphatic carbocycles. The second kappa shape index (κ2) is 4.90. The van der Waals surface area contributed by atoms with Gasteiger partial charge in [-0.05, 0) is 35.2 Å². The van der Waals surface area contributed by atoms with Crippen LogP contribution in [-0.4, -0.2) is 11.7 Å². The van der Waals surface area contributed by atoms with Crippen LogP contribution in [0.2, 0.25) is 0 Å². The number of hydrogen-bond acceptors (Lipinski definition) is 1. The van der Waals surface area contributed by atoms with E-state index in [1.807, 2.05) is 24.3 Å². The zero-order chi connectivity index (χ0) is 11.4.